The lowest BCUT2D eigenvalue weighted by atomic mass is 9.86. The number of urea groups is 1. The fourth-order valence-electron chi connectivity index (χ4n) is 4.31. The molecule has 0 aliphatic carbocycles. The van der Waals surface area contributed by atoms with Gasteiger partial charge in [-0.3, -0.25) is 4.90 Å². The summed E-state index contributed by atoms with van der Waals surface area (Å²) in [6.45, 7) is 2.49. The van der Waals surface area contributed by atoms with Gasteiger partial charge in [0.1, 0.15) is 29.5 Å². The van der Waals surface area contributed by atoms with Crippen LogP contribution in [0.25, 0.3) is 0 Å². The van der Waals surface area contributed by atoms with Crippen molar-refractivity contribution in [3.8, 4) is 11.5 Å². The minimum Gasteiger partial charge on any atom is -0.490 e. The van der Waals surface area contributed by atoms with Gasteiger partial charge in [-0.05, 0) is 30.3 Å². The largest absolute Gasteiger partial charge is 0.490 e. The summed E-state index contributed by atoms with van der Waals surface area (Å²) in [4.78, 5) is 13.5. The highest BCUT2D eigenvalue weighted by Crippen LogP contribution is 2.41. The molecule has 1 spiro atoms. The Labute approximate surface area is 175 Å². The number of benzene rings is 2. The zero-order chi connectivity index (χ0) is 21.1. The Morgan fingerprint density at radius 1 is 1.27 bits per heavy atom. The lowest BCUT2D eigenvalue weighted by molar-refractivity contribution is -0.000210. The first-order valence-electron chi connectivity index (χ1n) is 10.2. The van der Waals surface area contributed by atoms with Crippen molar-refractivity contribution < 1.29 is 18.7 Å². The molecule has 2 heterocycles. The van der Waals surface area contributed by atoms with Gasteiger partial charge in [-0.1, -0.05) is 12.1 Å². The summed E-state index contributed by atoms with van der Waals surface area (Å²) >= 11 is 0. The second kappa shape index (κ2) is 8.49. The van der Waals surface area contributed by atoms with Crippen LogP contribution in [0.15, 0.2) is 42.5 Å². The number of ether oxygens (including phenoxy) is 2. The van der Waals surface area contributed by atoms with Crippen LogP contribution < -0.4 is 26.3 Å². The highest BCUT2D eigenvalue weighted by Gasteiger charge is 2.43. The number of primary amides is 1. The minimum atomic E-state index is -0.639. The molecule has 1 unspecified atom stereocenters. The van der Waals surface area contributed by atoms with E-state index in [0.29, 0.717) is 24.6 Å². The summed E-state index contributed by atoms with van der Waals surface area (Å²) in [5.74, 6) is 1.13. The standard InChI is InChI=1S/C22H27FN4O3/c23-16-5-6-19-15(11-16)12-22(30-19)7-9-27(10-8-22)17(13-24)14-29-20-4-2-1-3-18(20)26-21(25)28/h1-6,11,17H,7-10,12-14,24H2,(H3,25,26,28). The fourth-order valence-corrected chi connectivity index (χ4v) is 4.31. The molecule has 0 bridgehead atoms. The van der Waals surface area contributed by atoms with E-state index < -0.39 is 6.03 Å². The smallest absolute Gasteiger partial charge is 0.316 e. The predicted octanol–water partition coefficient (Wildman–Crippen LogP) is 2.49. The number of piperidine rings is 1. The second-order valence-electron chi connectivity index (χ2n) is 7.94. The minimum absolute atomic E-state index is 0.0326. The Bertz CT molecular complexity index is 915. The first-order valence-corrected chi connectivity index (χ1v) is 10.2. The van der Waals surface area contributed by atoms with E-state index in [2.05, 4.69) is 10.2 Å². The van der Waals surface area contributed by atoms with E-state index in [1.54, 1.807) is 30.3 Å². The highest BCUT2D eigenvalue weighted by atomic mass is 19.1. The Hall–Kier alpha value is -2.84. The van der Waals surface area contributed by atoms with Crippen molar-refractivity contribution >= 4 is 11.7 Å². The molecule has 1 saturated heterocycles. The molecule has 1 atom stereocenters. The van der Waals surface area contributed by atoms with E-state index in [1.165, 1.54) is 6.07 Å². The zero-order valence-corrected chi connectivity index (χ0v) is 16.8. The Morgan fingerprint density at radius 2 is 2.03 bits per heavy atom. The molecule has 8 heteroatoms. The normalized spacial score (nSPS) is 18.5. The monoisotopic (exact) mass is 414 g/mol. The molecule has 2 aliphatic heterocycles. The van der Waals surface area contributed by atoms with Crippen molar-refractivity contribution in [3.63, 3.8) is 0 Å². The Balaban J connectivity index is 1.35. The Kier molecular flexibility index (Phi) is 5.78. The summed E-state index contributed by atoms with van der Waals surface area (Å²) in [7, 11) is 0. The van der Waals surface area contributed by atoms with E-state index in [0.717, 1.165) is 43.7 Å². The summed E-state index contributed by atoms with van der Waals surface area (Å²) in [6.07, 6.45) is 2.43. The van der Waals surface area contributed by atoms with Crippen molar-refractivity contribution in [1.82, 2.24) is 4.90 Å². The average Bonchev–Trinajstić information content (AvgIpc) is 3.07. The third-order valence-electron chi connectivity index (χ3n) is 5.94. The molecule has 0 saturated carbocycles. The maximum Gasteiger partial charge on any atom is 0.316 e. The van der Waals surface area contributed by atoms with Crippen LogP contribution in [0.1, 0.15) is 18.4 Å². The third-order valence-corrected chi connectivity index (χ3v) is 5.94. The van der Waals surface area contributed by atoms with E-state index in [9.17, 15) is 9.18 Å². The van der Waals surface area contributed by atoms with Gasteiger partial charge in [-0.15, -0.1) is 0 Å². The van der Waals surface area contributed by atoms with E-state index in [-0.39, 0.29) is 17.5 Å². The maximum atomic E-state index is 13.5. The van der Waals surface area contributed by atoms with Crippen LogP contribution in [0.5, 0.6) is 11.5 Å². The van der Waals surface area contributed by atoms with Crippen LogP contribution in [-0.4, -0.2) is 48.8 Å². The third kappa shape index (κ3) is 4.34. The molecule has 4 rings (SSSR count). The molecule has 5 N–H and O–H groups in total. The first-order chi connectivity index (χ1) is 14.5. The number of nitrogens with zero attached hydrogens (tertiary/aromatic N) is 1. The van der Waals surface area contributed by atoms with Gasteiger partial charge in [0.05, 0.1) is 11.7 Å². The highest BCUT2D eigenvalue weighted by molar-refractivity contribution is 5.89. The van der Waals surface area contributed by atoms with Crippen LogP contribution in [0.2, 0.25) is 0 Å². The van der Waals surface area contributed by atoms with Crippen molar-refractivity contribution in [3.05, 3.63) is 53.8 Å². The van der Waals surface area contributed by atoms with E-state index in [1.807, 2.05) is 6.07 Å². The van der Waals surface area contributed by atoms with Gasteiger partial charge in [0.2, 0.25) is 0 Å². The topological polar surface area (TPSA) is 103 Å². The number of amides is 2. The van der Waals surface area contributed by atoms with Crippen LogP contribution >= 0.6 is 0 Å². The van der Waals surface area contributed by atoms with Gasteiger partial charge in [0, 0.05) is 44.5 Å². The molecule has 160 valence electrons. The van der Waals surface area contributed by atoms with E-state index in [4.69, 9.17) is 20.9 Å². The average molecular weight is 414 g/mol. The molecule has 2 aromatic carbocycles. The number of anilines is 1. The van der Waals surface area contributed by atoms with Crippen molar-refractivity contribution in [2.45, 2.75) is 30.9 Å². The molecular formula is C22H27FN4O3. The van der Waals surface area contributed by atoms with Gasteiger partial charge >= 0.3 is 6.03 Å². The van der Waals surface area contributed by atoms with Crippen molar-refractivity contribution in [2.24, 2.45) is 11.5 Å². The number of fused-ring (bicyclic) bond motifs is 1. The summed E-state index contributed by atoms with van der Waals surface area (Å²) < 4.78 is 25.7. The van der Waals surface area contributed by atoms with E-state index >= 15 is 0 Å². The molecule has 2 amide bonds. The number of rotatable bonds is 6. The number of halogens is 1. The van der Waals surface area contributed by atoms with Crippen LogP contribution in [0.3, 0.4) is 0 Å². The van der Waals surface area contributed by atoms with Gasteiger partial charge in [0.25, 0.3) is 0 Å². The molecule has 30 heavy (non-hydrogen) atoms. The van der Waals surface area contributed by atoms with Gasteiger partial charge < -0.3 is 26.3 Å². The number of carbonyl (C=O) groups is 1. The second-order valence-corrected chi connectivity index (χ2v) is 7.94. The molecule has 2 aromatic rings. The number of para-hydroxylation sites is 2. The SMILES string of the molecule is NCC(COc1ccccc1NC(N)=O)N1CCC2(CC1)Cc1cc(F)ccc1O2. The fraction of sp³-hybridized carbons (Fsp3) is 0.409. The zero-order valence-electron chi connectivity index (χ0n) is 16.8. The molecule has 1 fully saturated rings. The number of hydrogen-bond donors (Lipinski definition) is 3. The summed E-state index contributed by atoms with van der Waals surface area (Å²) in [5, 5.41) is 2.57. The number of carbonyl (C=O) groups excluding carboxylic acids is 1. The number of nitrogens with two attached hydrogens (primary N) is 2. The quantitative estimate of drug-likeness (QED) is 0.674. The summed E-state index contributed by atoms with van der Waals surface area (Å²) in [6, 6.07) is 11.3. The molecule has 2 aliphatic rings. The van der Waals surface area contributed by atoms with Crippen LogP contribution in [0.4, 0.5) is 14.9 Å². The molecular weight excluding hydrogens is 387 g/mol. The van der Waals surface area contributed by atoms with Gasteiger partial charge in [0.15, 0.2) is 0 Å². The van der Waals surface area contributed by atoms with Crippen LogP contribution in [-0.2, 0) is 6.42 Å². The first kappa shape index (κ1) is 20.4. The molecule has 0 radical (unpaired) electrons. The predicted molar refractivity (Wildman–Crippen MR) is 112 cm³/mol. The van der Waals surface area contributed by atoms with Crippen LogP contribution in [0, 0.1) is 5.82 Å². The Morgan fingerprint density at radius 3 is 2.77 bits per heavy atom. The van der Waals surface area contributed by atoms with Gasteiger partial charge in [-0.25, -0.2) is 9.18 Å². The molecule has 0 aromatic heterocycles. The number of hydrogen-bond acceptors (Lipinski definition) is 5. The lowest BCUT2D eigenvalue weighted by Gasteiger charge is -2.41. The van der Waals surface area contributed by atoms with Gasteiger partial charge in [-0.2, -0.15) is 0 Å². The lowest BCUT2D eigenvalue weighted by Crippen LogP contribution is -2.53. The summed E-state index contributed by atoms with van der Waals surface area (Å²) in [5.41, 5.74) is 12.5. The van der Waals surface area contributed by atoms with Crippen molar-refractivity contribution in [1.29, 1.82) is 0 Å². The number of nitrogens with one attached hydrogen (secondary N) is 1. The number of likely N-dealkylation sites (tertiary alicyclic amines) is 1. The van der Waals surface area contributed by atoms with Crippen molar-refractivity contribution in [2.75, 3.05) is 31.6 Å². The molecule has 7 nitrogen and oxygen atoms in total. The maximum absolute atomic E-state index is 13.5.